The van der Waals surface area contributed by atoms with Crippen LogP contribution in [-0.4, -0.2) is 73.4 Å². The van der Waals surface area contributed by atoms with Gasteiger partial charge in [0.05, 0.1) is 6.10 Å². The van der Waals surface area contributed by atoms with Crippen molar-refractivity contribution < 1.29 is 14.3 Å². The van der Waals surface area contributed by atoms with Crippen molar-refractivity contribution in [3.63, 3.8) is 0 Å². The van der Waals surface area contributed by atoms with E-state index in [9.17, 15) is 4.79 Å². The van der Waals surface area contributed by atoms with Crippen molar-refractivity contribution in [1.29, 1.82) is 0 Å². The average molecular weight is 335 g/mol. The third-order valence-electron chi connectivity index (χ3n) is 4.97. The van der Waals surface area contributed by atoms with Gasteiger partial charge in [-0.2, -0.15) is 0 Å². The van der Waals surface area contributed by atoms with Crippen LogP contribution in [0.3, 0.4) is 0 Å². The van der Waals surface area contributed by atoms with Gasteiger partial charge in [0.1, 0.15) is 6.61 Å². The first-order valence-electron chi connectivity index (χ1n) is 8.87. The van der Waals surface area contributed by atoms with Crippen LogP contribution in [0.2, 0.25) is 0 Å². The van der Waals surface area contributed by atoms with Gasteiger partial charge in [-0.15, -0.1) is 0 Å². The summed E-state index contributed by atoms with van der Waals surface area (Å²) in [4.78, 5) is 15.9. The predicted octanol–water partition coefficient (Wildman–Crippen LogP) is 1.20. The van der Waals surface area contributed by atoms with E-state index in [4.69, 9.17) is 9.47 Å². The molecule has 0 radical (unpaired) electrons. The van der Waals surface area contributed by atoms with Crippen LogP contribution in [0, 0.1) is 5.92 Å². The lowest BCUT2D eigenvalue weighted by molar-refractivity contribution is -0.136. The van der Waals surface area contributed by atoms with E-state index in [0.29, 0.717) is 5.92 Å². The lowest BCUT2D eigenvalue weighted by Crippen LogP contribution is -2.39. The zero-order valence-corrected chi connectivity index (χ0v) is 14.8. The molecule has 0 N–H and O–H groups in total. The smallest absolute Gasteiger partial charge is 0.248 e. The Bertz CT molecular complexity index is 537. The Hall–Kier alpha value is -1.37. The zero-order chi connectivity index (χ0) is 16.9. The molecule has 134 valence electrons. The lowest BCUT2D eigenvalue weighted by atomic mass is 9.99. The molecule has 24 heavy (non-hydrogen) atoms. The SMILES string of the molecule is CN(C)C(=O)CO[C@@H]1CN(CC2CCOCC2)Cc2cccn2C1. The molecule has 2 aliphatic heterocycles. The Morgan fingerprint density at radius 3 is 2.88 bits per heavy atom. The van der Waals surface area contributed by atoms with E-state index in [2.05, 4.69) is 27.8 Å². The monoisotopic (exact) mass is 335 g/mol. The maximum absolute atomic E-state index is 11.8. The van der Waals surface area contributed by atoms with Crippen molar-refractivity contribution in [3.05, 3.63) is 24.0 Å². The average Bonchev–Trinajstić information content (AvgIpc) is 2.93. The molecular formula is C18H29N3O3. The third-order valence-corrected chi connectivity index (χ3v) is 4.97. The summed E-state index contributed by atoms with van der Waals surface area (Å²) in [6, 6.07) is 4.28. The number of carbonyl (C=O) groups is 1. The molecule has 6 heteroatoms. The number of hydrogen-bond donors (Lipinski definition) is 0. The molecule has 0 bridgehead atoms. The highest BCUT2D eigenvalue weighted by Crippen LogP contribution is 2.21. The fourth-order valence-corrected chi connectivity index (χ4v) is 3.49. The van der Waals surface area contributed by atoms with Crippen molar-refractivity contribution in [2.45, 2.75) is 32.0 Å². The molecule has 3 rings (SSSR count). The second-order valence-electron chi connectivity index (χ2n) is 7.12. The Morgan fingerprint density at radius 2 is 2.12 bits per heavy atom. The highest BCUT2D eigenvalue weighted by molar-refractivity contribution is 5.76. The first-order chi connectivity index (χ1) is 11.6. The number of hydrogen-bond acceptors (Lipinski definition) is 4. The minimum absolute atomic E-state index is 0.0166. The molecule has 1 aromatic rings. The van der Waals surface area contributed by atoms with Gasteiger partial charge < -0.3 is 18.9 Å². The maximum Gasteiger partial charge on any atom is 0.248 e. The number of likely N-dealkylation sites (N-methyl/N-ethyl adjacent to an activating group) is 1. The van der Waals surface area contributed by atoms with Crippen molar-refractivity contribution in [2.24, 2.45) is 5.92 Å². The van der Waals surface area contributed by atoms with Crippen LogP contribution in [0.15, 0.2) is 18.3 Å². The summed E-state index contributed by atoms with van der Waals surface area (Å²) in [5.74, 6) is 0.715. The molecule has 1 aromatic heterocycles. The van der Waals surface area contributed by atoms with Gasteiger partial charge in [-0.25, -0.2) is 0 Å². The molecule has 1 amide bonds. The van der Waals surface area contributed by atoms with E-state index in [-0.39, 0.29) is 18.6 Å². The van der Waals surface area contributed by atoms with E-state index in [1.807, 2.05) is 0 Å². The molecule has 3 heterocycles. The second kappa shape index (κ2) is 8.14. The molecular weight excluding hydrogens is 306 g/mol. The molecule has 1 atom stereocenters. The lowest BCUT2D eigenvalue weighted by Gasteiger charge is -2.30. The summed E-state index contributed by atoms with van der Waals surface area (Å²) in [5.41, 5.74) is 1.33. The predicted molar refractivity (Wildman–Crippen MR) is 91.7 cm³/mol. The van der Waals surface area contributed by atoms with Crippen LogP contribution in [-0.2, 0) is 27.4 Å². The van der Waals surface area contributed by atoms with E-state index in [1.165, 1.54) is 5.69 Å². The Balaban J connectivity index is 1.62. The largest absolute Gasteiger partial charge is 0.381 e. The normalized spacial score (nSPS) is 22.8. The van der Waals surface area contributed by atoms with Crippen LogP contribution in [0.5, 0.6) is 0 Å². The van der Waals surface area contributed by atoms with Crippen LogP contribution in [0.25, 0.3) is 0 Å². The fourth-order valence-electron chi connectivity index (χ4n) is 3.49. The van der Waals surface area contributed by atoms with Crippen LogP contribution in [0.1, 0.15) is 18.5 Å². The number of fused-ring (bicyclic) bond motifs is 1. The fraction of sp³-hybridized carbons (Fsp3) is 0.722. The standard InChI is InChI=1S/C18H29N3O3/c1-19(2)18(22)14-24-17-12-20(10-15-5-8-23-9-6-15)11-16-4-3-7-21(16)13-17/h3-4,7,15,17H,5-6,8-14H2,1-2H3/t17-/m1/s1. The molecule has 0 spiro atoms. The minimum Gasteiger partial charge on any atom is -0.381 e. The molecule has 1 fully saturated rings. The van der Waals surface area contributed by atoms with Gasteiger partial charge in [0, 0.05) is 65.4 Å². The number of amides is 1. The summed E-state index contributed by atoms with van der Waals surface area (Å²) in [6.45, 7) is 5.63. The van der Waals surface area contributed by atoms with Crippen LogP contribution >= 0.6 is 0 Å². The zero-order valence-electron chi connectivity index (χ0n) is 14.8. The van der Waals surface area contributed by atoms with Gasteiger partial charge in [0.25, 0.3) is 0 Å². The number of carbonyl (C=O) groups excluding carboxylic acids is 1. The van der Waals surface area contributed by atoms with E-state index in [1.54, 1.807) is 19.0 Å². The summed E-state index contributed by atoms with van der Waals surface area (Å²) in [7, 11) is 3.53. The minimum atomic E-state index is 0.0166. The first kappa shape index (κ1) is 17.5. The summed E-state index contributed by atoms with van der Waals surface area (Å²) in [6.07, 6.45) is 4.43. The maximum atomic E-state index is 11.8. The van der Waals surface area contributed by atoms with E-state index in [0.717, 1.165) is 52.2 Å². The van der Waals surface area contributed by atoms with Crippen molar-refractivity contribution in [3.8, 4) is 0 Å². The highest BCUT2D eigenvalue weighted by atomic mass is 16.5. The van der Waals surface area contributed by atoms with E-state index < -0.39 is 0 Å². The quantitative estimate of drug-likeness (QED) is 0.811. The topological polar surface area (TPSA) is 46.9 Å². The Morgan fingerprint density at radius 1 is 1.33 bits per heavy atom. The molecule has 6 nitrogen and oxygen atoms in total. The molecule has 2 aliphatic rings. The molecule has 0 saturated carbocycles. The number of ether oxygens (including phenoxy) is 2. The summed E-state index contributed by atoms with van der Waals surface area (Å²) in [5, 5.41) is 0. The van der Waals surface area contributed by atoms with Gasteiger partial charge >= 0.3 is 0 Å². The number of rotatable bonds is 5. The van der Waals surface area contributed by atoms with Gasteiger partial charge in [-0.05, 0) is 30.9 Å². The number of aromatic nitrogens is 1. The molecule has 0 aromatic carbocycles. The van der Waals surface area contributed by atoms with Gasteiger partial charge in [-0.1, -0.05) is 0 Å². The molecule has 0 aliphatic carbocycles. The third kappa shape index (κ3) is 4.59. The van der Waals surface area contributed by atoms with Crippen molar-refractivity contribution >= 4 is 5.91 Å². The molecule has 1 saturated heterocycles. The molecule has 0 unspecified atom stereocenters. The highest BCUT2D eigenvalue weighted by Gasteiger charge is 2.25. The van der Waals surface area contributed by atoms with Gasteiger partial charge in [0.2, 0.25) is 5.91 Å². The van der Waals surface area contributed by atoms with Crippen molar-refractivity contribution in [2.75, 3.05) is 47.0 Å². The second-order valence-corrected chi connectivity index (χ2v) is 7.12. The summed E-state index contributed by atoms with van der Waals surface area (Å²) >= 11 is 0. The van der Waals surface area contributed by atoms with E-state index >= 15 is 0 Å². The number of nitrogens with zero attached hydrogens (tertiary/aromatic N) is 3. The Kier molecular flexibility index (Phi) is 5.92. The van der Waals surface area contributed by atoms with Gasteiger partial charge in [-0.3, -0.25) is 9.69 Å². The van der Waals surface area contributed by atoms with Gasteiger partial charge in [0.15, 0.2) is 0 Å². The summed E-state index contributed by atoms with van der Waals surface area (Å²) < 4.78 is 13.7. The van der Waals surface area contributed by atoms with Crippen molar-refractivity contribution in [1.82, 2.24) is 14.4 Å². The van der Waals surface area contributed by atoms with Crippen LogP contribution in [0.4, 0.5) is 0 Å². The van der Waals surface area contributed by atoms with Crippen LogP contribution < -0.4 is 0 Å². The Labute approximate surface area is 144 Å². The first-order valence-corrected chi connectivity index (χ1v) is 8.87.